The summed E-state index contributed by atoms with van der Waals surface area (Å²) >= 11 is 1.97. The Hall–Kier alpha value is -0.690. The second kappa shape index (κ2) is 3.14. The third kappa shape index (κ3) is 1.48. The van der Waals surface area contributed by atoms with Crippen molar-refractivity contribution in [1.29, 1.82) is 0 Å². The molecule has 0 saturated carbocycles. The minimum Gasteiger partial charge on any atom is -0.153 e. The van der Waals surface area contributed by atoms with Crippen molar-refractivity contribution in [3.63, 3.8) is 0 Å². The molecule has 1 aliphatic heterocycles. The van der Waals surface area contributed by atoms with Gasteiger partial charge in [-0.1, -0.05) is 36.4 Å². The van der Waals surface area contributed by atoms with E-state index in [1.165, 1.54) is 11.1 Å². The van der Waals surface area contributed by atoms with Gasteiger partial charge in [-0.05, 0) is 11.1 Å². The van der Waals surface area contributed by atoms with E-state index < -0.39 is 0 Å². The van der Waals surface area contributed by atoms with Gasteiger partial charge in [0, 0.05) is 11.5 Å². The molecule has 0 nitrogen and oxygen atoms in total. The lowest BCUT2D eigenvalue weighted by molar-refractivity contribution is 1.40. The number of thioether (sulfide) groups is 1. The molecule has 0 spiro atoms. The molecule has 0 fully saturated rings. The number of benzene rings is 1. The number of hydrogen-bond donors (Lipinski definition) is 0. The molecule has 1 aromatic carbocycles. The van der Waals surface area contributed by atoms with Crippen molar-refractivity contribution in [2.45, 2.75) is 5.75 Å². The van der Waals surface area contributed by atoms with Crippen molar-refractivity contribution in [2.24, 2.45) is 0 Å². The van der Waals surface area contributed by atoms with E-state index in [9.17, 15) is 0 Å². The van der Waals surface area contributed by atoms with E-state index in [0.717, 1.165) is 11.5 Å². The van der Waals surface area contributed by atoms with Gasteiger partial charge in [0.05, 0.1) is 0 Å². The standard InChI is InChI=1S/C10H10S/c1-2-5-10-8-11-7-3-6-9(10)4-1/h1-6H,7-8H2. The molecule has 0 radical (unpaired) electrons. The minimum atomic E-state index is 1.15. The molecule has 0 N–H and O–H groups in total. The molecule has 1 heteroatoms. The Labute approximate surface area is 71.3 Å². The first-order valence-electron chi connectivity index (χ1n) is 3.79. The summed E-state index contributed by atoms with van der Waals surface area (Å²) in [6.45, 7) is 0. The minimum absolute atomic E-state index is 1.15. The van der Waals surface area contributed by atoms with Crippen LogP contribution in [0, 0.1) is 0 Å². The van der Waals surface area contributed by atoms with Crippen LogP contribution in [-0.2, 0) is 5.75 Å². The zero-order valence-corrected chi connectivity index (χ0v) is 7.10. The predicted molar refractivity (Wildman–Crippen MR) is 51.6 cm³/mol. The summed E-state index contributed by atoms with van der Waals surface area (Å²) < 4.78 is 0. The van der Waals surface area contributed by atoms with Crippen LogP contribution in [0.2, 0.25) is 0 Å². The molecule has 0 bridgehead atoms. The van der Waals surface area contributed by atoms with E-state index in [1.807, 2.05) is 11.8 Å². The normalized spacial score (nSPS) is 15.6. The quantitative estimate of drug-likeness (QED) is 0.565. The summed E-state index contributed by atoms with van der Waals surface area (Å²) in [5, 5.41) is 0. The first kappa shape index (κ1) is 6.99. The van der Waals surface area contributed by atoms with Crippen molar-refractivity contribution >= 4 is 17.8 Å². The van der Waals surface area contributed by atoms with Crippen LogP contribution in [0.3, 0.4) is 0 Å². The molecule has 56 valence electrons. The second-order valence-electron chi connectivity index (χ2n) is 2.62. The van der Waals surface area contributed by atoms with Crippen LogP contribution in [0.4, 0.5) is 0 Å². The number of fused-ring (bicyclic) bond motifs is 1. The van der Waals surface area contributed by atoms with Crippen molar-refractivity contribution in [3.8, 4) is 0 Å². The molecule has 11 heavy (non-hydrogen) atoms. The Kier molecular flexibility index (Phi) is 1.99. The van der Waals surface area contributed by atoms with E-state index >= 15 is 0 Å². The SMILES string of the molecule is C1=Cc2ccccc2CSC1. The van der Waals surface area contributed by atoms with Crippen molar-refractivity contribution < 1.29 is 0 Å². The molecular weight excluding hydrogens is 152 g/mol. The maximum Gasteiger partial charge on any atom is 0.0193 e. The van der Waals surface area contributed by atoms with Crippen LogP contribution in [0.5, 0.6) is 0 Å². The predicted octanol–water partition coefficient (Wildman–Crippen LogP) is 2.95. The molecule has 1 heterocycles. The topological polar surface area (TPSA) is 0 Å². The van der Waals surface area contributed by atoms with Crippen LogP contribution in [0.15, 0.2) is 30.3 Å². The Morgan fingerprint density at radius 2 is 2.09 bits per heavy atom. The molecule has 0 aromatic heterocycles. The van der Waals surface area contributed by atoms with E-state index in [4.69, 9.17) is 0 Å². The highest BCUT2D eigenvalue weighted by molar-refractivity contribution is 7.98. The van der Waals surface area contributed by atoms with E-state index in [2.05, 4.69) is 36.4 Å². The van der Waals surface area contributed by atoms with E-state index in [1.54, 1.807) is 0 Å². The Morgan fingerprint density at radius 1 is 1.18 bits per heavy atom. The summed E-state index contributed by atoms with van der Waals surface area (Å²) in [6.07, 6.45) is 4.45. The lowest BCUT2D eigenvalue weighted by atomic mass is 10.1. The van der Waals surface area contributed by atoms with Gasteiger partial charge in [0.15, 0.2) is 0 Å². The molecule has 2 rings (SSSR count). The highest BCUT2D eigenvalue weighted by atomic mass is 32.2. The zero-order valence-electron chi connectivity index (χ0n) is 6.29. The fourth-order valence-corrected chi connectivity index (χ4v) is 2.07. The largest absolute Gasteiger partial charge is 0.153 e. The molecule has 0 atom stereocenters. The van der Waals surface area contributed by atoms with Crippen LogP contribution >= 0.6 is 11.8 Å². The average molecular weight is 162 g/mol. The molecule has 0 unspecified atom stereocenters. The monoisotopic (exact) mass is 162 g/mol. The van der Waals surface area contributed by atoms with Gasteiger partial charge >= 0.3 is 0 Å². The maximum absolute atomic E-state index is 2.23. The number of hydrogen-bond acceptors (Lipinski definition) is 1. The van der Waals surface area contributed by atoms with Gasteiger partial charge in [-0.3, -0.25) is 0 Å². The molecule has 0 amide bonds. The van der Waals surface area contributed by atoms with Crippen molar-refractivity contribution in [2.75, 3.05) is 5.75 Å². The molecule has 0 aliphatic carbocycles. The highest BCUT2D eigenvalue weighted by Gasteiger charge is 2.00. The fourth-order valence-electron chi connectivity index (χ4n) is 1.24. The Balaban J connectivity index is 2.45. The molecule has 0 saturated heterocycles. The van der Waals surface area contributed by atoms with Crippen LogP contribution in [0.1, 0.15) is 11.1 Å². The lowest BCUT2D eigenvalue weighted by Crippen LogP contribution is -1.82. The Bertz CT molecular complexity index is 276. The fraction of sp³-hybridized carbons (Fsp3) is 0.200. The first-order chi connectivity index (χ1) is 5.47. The smallest absolute Gasteiger partial charge is 0.0193 e. The third-order valence-electron chi connectivity index (χ3n) is 1.82. The maximum atomic E-state index is 2.23. The van der Waals surface area contributed by atoms with Crippen molar-refractivity contribution in [1.82, 2.24) is 0 Å². The van der Waals surface area contributed by atoms with Gasteiger partial charge in [-0.25, -0.2) is 0 Å². The van der Waals surface area contributed by atoms with E-state index in [0.29, 0.717) is 0 Å². The Morgan fingerprint density at radius 3 is 3.09 bits per heavy atom. The van der Waals surface area contributed by atoms with Gasteiger partial charge in [0.1, 0.15) is 0 Å². The second-order valence-corrected chi connectivity index (χ2v) is 3.65. The van der Waals surface area contributed by atoms with Gasteiger partial charge < -0.3 is 0 Å². The van der Waals surface area contributed by atoms with Crippen LogP contribution in [-0.4, -0.2) is 5.75 Å². The lowest BCUT2D eigenvalue weighted by Gasteiger charge is -2.00. The first-order valence-corrected chi connectivity index (χ1v) is 4.94. The summed E-state index contributed by atoms with van der Waals surface area (Å²) in [6, 6.07) is 8.59. The van der Waals surface area contributed by atoms with Gasteiger partial charge in [0.25, 0.3) is 0 Å². The van der Waals surface area contributed by atoms with Gasteiger partial charge in [-0.15, -0.1) is 0 Å². The summed E-state index contributed by atoms with van der Waals surface area (Å²) in [4.78, 5) is 0. The van der Waals surface area contributed by atoms with Gasteiger partial charge in [0.2, 0.25) is 0 Å². The molecule has 1 aliphatic rings. The molecule has 1 aromatic rings. The van der Waals surface area contributed by atoms with Crippen LogP contribution in [0.25, 0.3) is 6.08 Å². The zero-order chi connectivity index (χ0) is 7.52. The number of rotatable bonds is 0. The van der Waals surface area contributed by atoms with Crippen LogP contribution < -0.4 is 0 Å². The summed E-state index contributed by atoms with van der Waals surface area (Å²) in [5.41, 5.74) is 2.85. The highest BCUT2D eigenvalue weighted by Crippen LogP contribution is 2.21. The van der Waals surface area contributed by atoms with Crippen molar-refractivity contribution in [3.05, 3.63) is 41.5 Å². The summed E-state index contributed by atoms with van der Waals surface area (Å²) in [7, 11) is 0. The average Bonchev–Trinajstić information content (AvgIpc) is 2.28. The third-order valence-corrected chi connectivity index (χ3v) is 2.77. The summed E-state index contributed by atoms with van der Waals surface area (Å²) in [5.74, 6) is 2.30. The van der Waals surface area contributed by atoms with Gasteiger partial charge in [-0.2, -0.15) is 11.8 Å². The molecular formula is C10H10S. The van der Waals surface area contributed by atoms with E-state index in [-0.39, 0.29) is 0 Å².